The van der Waals surface area contributed by atoms with Crippen LogP contribution < -0.4 is 10.0 Å². The third kappa shape index (κ3) is 4.80. The molecule has 1 aliphatic rings. The number of sulfonamides is 1. The van der Waals surface area contributed by atoms with Gasteiger partial charge in [0, 0.05) is 6.54 Å². The maximum Gasteiger partial charge on any atom is 0.209 e. The maximum absolute atomic E-state index is 11.4. The topological polar surface area (TPSA) is 58.2 Å². The summed E-state index contributed by atoms with van der Waals surface area (Å²) in [5.41, 5.74) is 3.69. The molecule has 1 fully saturated rings. The van der Waals surface area contributed by atoms with E-state index in [1.807, 2.05) is 0 Å². The van der Waals surface area contributed by atoms with Crippen LogP contribution in [0.5, 0.6) is 0 Å². The minimum atomic E-state index is -3.17. The van der Waals surface area contributed by atoms with Crippen molar-refractivity contribution in [1.29, 1.82) is 0 Å². The van der Waals surface area contributed by atoms with Crippen LogP contribution in [-0.2, 0) is 16.6 Å². The van der Waals surface area contributed by atoms with Gasteiger partial charge in [0.2, 0.25) is 10.0 Å². The van der Waals surface area contributed by atoms with E-state index in [0.29, 0.717) is 18.4 Å². The zero-order valence-corrected chi connectivity index (χ0v) is 14.0. The van der Waals surface area contributed by atoms with E-state index in [9.17, 15) is 8.42 Å². The smallest absolute Gasteiger partial charge is 0.209 e. The first-order valence-corrected chi connectivity index (χ1v) is 9.54. The van der Waals surface area contributed by atoms with Crippen LogP contribution >= 0.6 is 0 Å². The number of benzene rings is 1. The van der Waals surface area contributed by atoms with Gasteiger partial charge in [-0.1, -0.05) is 32.0 Å². The molecule has 0 saturated carbocycles. The Labute approximate surface area is 128 Å². The van der Waals surface area contributed by atoms with Gasteiger partial charge >= 0.3 is 0 Å². The van der Waals surface area contributed by atoms with Gasteiger partial charge in [-0.15, -0.1) is 0 Å². The van der Waals surface area contributed by atoms with Gasteiger partial charge in [0.05, 0.1) is 6.26 Å². The zero-order chi connectivity index (χ0) is 15.5. The minimum Gasteiger partial charge on any atom is -0.317 e. The molecule has 0 bridgehead atoms. The van der Waals surface area contributed by atoms with Crippen molar-refractivity contribution < 1.29 is 8.42 Å². The zero-order valence-electron chi connectivity index (χ0n) is 13.1. The monoisotopic (exact) mass is 310 g/mol. The first-order chi connectivity index (χ1) is 9.87. The van der Waals surface area contributed by atoms with Gasteiger partial charge in [0.1, 0.15) is 0 Å². The normalized spacial score (nSPS) is 17.3. The van der Waals surface area contributed by atoms with E-state index in [2.05, 4.69) is 42.1 Å². The molecule has 1 aliphatic heterocycles. The lowest BCUT2D eigenvalue weighted by Gasteiger charge is -2.26. The van der Waals surface area contributed by atoms with Crippen LogP contribution in [0.1, 0.15) is 55.2 Å². The number of hydrogen-bond acceptors (Lipinski definition) is 3. The van der Waals surface area contributed by atoms with E-state index in [-0.39, 0.29) is 0 Å². The summed E-state index contributed by atoms with van der Waals surface area (Å²) in [6.45, 7) is 6.78. The molecule has 2 rings (SSSR count). The minimum absolute atomic E-state index is 0.388. The van der Waals surface area contributed by atoms with E-state index in [4.69, 9.17) is 0 Å². The summed E-state index contributed by atoms with van der Waals surface area (Å²) in [5, 5.41) is 3.38. The van der Waals surface area contributed by atoms with Crippen molar-refractivity contribution in [3.8, 4) is 0 Å². The molecule has 1 heterocycles. The second-order valence-electron chi connectivity index (χ2n) is 6.23. The Morgan fingerprint density at radius 2 is 1.95 bits per heavy atom. The second-order valence-corrected chi connectivity index (χ2v) is 8.06. The number of rotatable bonds is 5. The van der Waals surface area contributed by atoms with E-state index >= 15 is 0 Å². The lowest BCUT2D eigenvalue weighted by atomic mass is 9.85. The fraction of sp³-hybridized carbons (Fsp3) is 0.625. The highest BCUT2D eigenvalue weighted by atomic mass is 32.2. The molecule has 5 heteroatoms. The lowest BCUT2D eigenvalue weighted by molar-refractivity contribution is 0.458. The summed E-state index contributed by atoms with van der Waals surface area (Å²) >= 11 is 0. The van der Waals surface area contributed by atoms with Crippen LogP contribution in [0.15, 0.2) is 18.2 Å². The Balaban J connectivity index is 2.28. The molecule has 0 amide bonds. The van der Waals surface area contributed by atoms with Crippen LogP contribution in [0.4, 0.5) is 0 Å². The van der Waals surface area contributed by atoms with E-state index in [0.717, 1.165) is 31.5 Å². The van der Waals surface area contributed by atoms with E-state index < -0.39 is 10.0 Å². The molecule has 0 unspecified atom stereocenters. The molecule has 4 nitrogen and oxygen atoms in total. The SMILES string of the molecule is CC(C)c1ccc(C2CCNCC2)c(CNS(C)(=O)=O)c1. The van der Waals surface area contributed by atoms with Gasteiger partial charge < -0.3 is 5.32 Å². The maximum atomic E-state index is 11.4. The Morgan fingerprint density at radius 3 is 2.52 bits per heavy atom. The number of nitrogens with one attached hydrogen (secondary N) is 2. The van der Waals surface area contributed by atoms with Crippen molar-refractivity contribution in [2.45, 2.75) is 45.1 Å². The van der Waals surface area contributed by atoms with Gasteiger partial charge in [-0.05, 0) is 54.5 Å². The molecule has 0 aliphatic carbocycles. The van der Waals surface area contributed by atoms with Gasteiger partial charge in [0.25, 0.3) is 0 Å². The third-order valence-electron chi connectivity index (χ3n) is 4.14. The average molecular weight is 310 g/mol. The van der Waals surface area contributed by atoms with E-state index in [1.54, 1.807) is 0 Å². The lowest BCUT2D eigenvalue weighted by Crippen LogP contribution is -2.28. The van der Waals surface area contributed by atoms with Crippen LogP contribution in [0, 0.1) is 0 Å². The molecule has 1 saturated heterocycles. The molecule has 21 heavy (non-hydrogen) atoms. The summed E-state index contributed by atoms with van der Waals surface area (Å²) in [6, 6.07) is 6.55. The van der Waals surface area contributed by atoms with Crippen LogP contribution in [-0.4, -0.2) is 27.8 Å². The highest BCUT2D eigenvalue weighted by molar-refractivity contribution is 7.88. The molecule has 2 N–H and O–H groups in total. The van der Waals surface area contributed by atoms with Gasteiger partial charge in [-0.3, -0.25) is 0 Å². The summed E-state index contributed by atoms with van der Waals surface area (Å²) in [4.78, 5) is 0. The quantitative estimate of drug-likeness (QED) is 0.877. The van der Waals surface area contributed by atoms with Crippen molar-refractivity contribution >= 4 is 10.0 Å². The van der Waals surface area contributed by atoms with Gasteiger partial charge in [-0.2, -0.15) is 0 Å². The highest BCUT2D eigenvalue weighted by Crippen LogP contribution is 2.30. The van der Waals surface area contributed by atoms with Gasteiger partial charge in [0.15, 0.2) is 0 Å². The Morgan fingerprint density at radius 1 is 1.29 bits per heavy atom. The molecular weight excluding hydrogens is 284 g/mol. The summed E-state index contributed by atoms with van der Waals surface area (Å²) in [7, 11) is -3.17. The summed E-state index contributed by atoms with van der Waals surface area (Å²) in [6.07, 6.45) is 3.45. The molecular formula is C16H26N2O2S. The van der Waals surface area contributed by atoms with Crippen LogP contribution in [0.25, 0.3) is 0 Å². The summed E-state index contributed by atoms with van der Waals surface area (Å²) < 4.78 is 25.4. The fourth-order valence-electron chi connectivity index (χ4n) is 2.88. The van der Waals surface area contributed by atoms with Crippen molar-refractivity contribution in [2.24, 2.45) is 0 Å². The largest absolute Gasteiger partial charge is 0.317 e. The molecule has 0 atom stereocenters. The Bertz CT molecular complexity index is 576. The van der Waals surface area contributed by atoms with Crippen molar-refractivity contribution in [1.82, 2.24) is 10.0 Å². The average Bonchev–Trinajstić information content (AvgIpc) is 2.45. The first-order valence-electron chi connectivity index (χ1n) is 7.65. The molecule has 1 aromatic rings. The Hall–Kier alpha value is -0.910. The van der Waals surface area contributed by atoms with E-state index in [1.165, 1.54) is 17.4 Å². The van der Waals surface area contributed by atoms with Crippen LogP contribution in [0.2, 0.25) is 0 Å². The Kier molecular flexibility index (Phi) is 5.41. The third-order valence-corrected chi connectivity index (χ3v) is 4.81. The molecule has 0 aromatic heterocycles. The molecule has 1 aromatic carbocycles. The highest BCUT2D eigenvalue weighted by Gasteiger charge is 2.19. The predicted molar refractivity (Wildman–Crippen MR) is 87.1 cm³/mol. The first kappa shape index (κ1) is 16.5. The second kappa shape index (κ2) is 6.90. The molecule has 0 spiro atoms. The van der Waals surface area contributed by atoms with Crippen molar-refractivity contribution in [3.63, 3.8) is 0 Å². The van der Waals surface area contributed by atoms with Gasteiger partial charge in [-0.25, -0.2) is 13.1 Å². The molecule has 0 radical (unpaired) electrons. The van der Waals surface area contributed by atoms with Crippen molar-refractivity contribution in [3.05, 3.63) is 34.9 Å². The van der Waals surface area contributed by atoms with Crippen LogP contribution in [0.3, 0.4) is 0 Å². The molecule has 118 valence electrons. The predicted octanol–water partition coefficient (Wildman–Crippen LogP) is 2.33. The number of piperidine rings is 1. The fourth-order valence-corrected chi connectivity index (χ4v) is 3.30. The number of hydrogen-bond donors (Lipinski definition) is 2. The summed E-state index contributed by atoms with van der Waals surface area (Å²) in [5.74, 6) is 0.980. The van der Waals surface area contributed by atoms with Crippen molar-refractivity contribution in [2.75, 3.05) is 19.3 Å². The standard InChI is InChI=1S/C16H26N2O2S/c1-12(2)14-4-5-16(13-6-8-17-9-7-13)15(10-14)11-18-21(3,19)20/h4-5,10,12-13,17-18H,6-9,11H2,1-3H3.